The molecule has 0 unspecified atom stereocenters. The summed E-state index contributed by atoms with van der Waals surface area (Å²) in [5.74, 6) is 0.758. The van der Waals surface area contributed by atoms with Gasteiger partial charge in [-0.15, -0.1) is 0 Å². The van der Waals surface area contributed by atoms with Gasteiger partial charge in [0, 0.05) is 25.3 Å². The SMILES string of the molecule is COc1ccc(CN2C[C@H](O)COC[C@@H]3O[C@@H](CC(=O)NCc4ccncn4)CC[C@H]32)cc1. The minimum atomic E-state index is -0.547. The molecular weight excluding hydrogens is 424 g/mol. The molecule has 2 N–H and O–H groups in total. The van der Waals surface area contributed by atoms with Crippen LogP contribution in [0.1, 0.15) is 30.5 Å². The number of hydrogen-bond acceptors (Lipinski definition) is 8. The number of carbonyl (C=O) groups excluding carboxylic acids is 1. The van der Waals surface area contributed by atoms with Gasteiger partial charge in [0.05, 0.1) is 57.3 Å². The van der Waals surface area contributed by atoms with E-state index >= 15 is 0 Å². The number of fused-ring (bicyclic) bond motifs is 1. The second kappa shape index (κ2) is 11.5. The third-order valence-corrected chi connectivity index (χ3v) is 6.16. The van der Waals surface area contributed by atoms with Gasteiger partial charge in [0.15, 0.2) is 0 Å². The number of methoxy groups -OCH3 is 1. The molecule has 1 aromatic carbocycles. The lowest BCUT2D eigenvalue weighted by Gasteiger charge is -2.44. The molecule has 0 spiro atoms. The Kier molecular flexibility index (Phi) is 8.22. The van der Waals surface area contributed by atoms with Crippen molar-refractivity contribution in [3.8, 4) is 5.75 Å². The largest absolute Gasteiger partial charge is 0.497 e. The first kappa shape index (κ1) is 23.6. The molecular formula is C24H32N4O5. The van der Waals surface area contributed by atoms with E-state index in [0.717, 1.165) is 29.8 Å². The van der Waals surface area contributed by atoms with Crippen LogP contribution in [0.2, 0.25) is 0 Å². The van der Waals surface area contributed by atoms with Crippen LogP contribution in [0.25, 0.3) is 0 Å². The Bertz CT molecular complexity index is 882. The highest BCUT2D eigenvalue weighted by Gasteiger charge is 2.38. The number of aliphatic hydroxyl groups excluding tert-OH is 1. The predicted molar refractivity (Wildman–Crippen MR) is 120 cm³/mol. The monoisotopic (exact) mass is 456 g/mol. The smallest absolute Gasteiger partial charge is 0.222 e. The van der Waals surface area contributed by atoms with E-state index in [2.05, 4.69) is 20.2 Å². The van der Waals surface area contributed by atoms with Gasteiger partial charge in [-0.25, -0.2) is 9.97 Å². The number of aromatic nitrogens is 2. The second-order valence-corrected chi connectivity index (χ2v) is 8.59. The van der Waals surface area contributed by atoms with Crippen molar-refractivity contribution in [3.63, 3.8) is 0 Å². The number of ether oxygens (including phenoxy) is 3. The maximum atomic E-state index is 12.4. The average molecular weight is 457 g/mol. The molecule has 1 amide bonds. The molecule has 2 aliphatic rings. The molecule has 4 atom stereocenters. The quantitative estimate of drug-likeness (QED) is 0.642. The standard InChI is InChI=1S/C24H32N4O5/c1-31-20-4-2-17(3-5-20)12-28-13-19(29)14-32-15-23-22(28)7-6-21(33-23)10-24(30)26-11-18-8-9-25-16-27-18/h2-5,8-9,16,19,21-23,29H,6-7,10-15H2,1H3,(H,26,30)/t19-,21+,22+,23-/m0/s1. The number of rotatable bonds is 7. The molecule has 0 radical (unpaired) electrons. The molecule has 1 aromatic heterocycles. The summed E-state index contributed by atoms with van der Waals surface area (Å²) in [4.78, 5) is 22.7. The summed E-state index contributed by atoms with van der Waals surface area (Å²) >= 11 is 0. The fourth-order valence-electron chi connectivity index (χ4n) is 4.48. The number of aliphatic hydroxyl groups is 1. The lowest BCUT2D eigenvalue weighted by molar-refractivity contribution is -0.158. The Labute approximate surface area is 194 Å². The number of nitrogens with one attached hydrogen (secondary N) is 1. The van der Waals surface area contributed by atoms with Crippen LogP contribution in [0.5, 0.6) is 5.75 Å². The van der Waals surface area contributed by atoms with Gasteiger partial charge in [0.2, 0.25) is 5.91 Å². The molecule has 2 aromatic rings. The molecule has 2 fully saturated rings. The molecule has 2 saturated heterocycles. The third-order valence-electron chi connectivity index (χ3n) is 6.16. The van der Waals surface area contributed by atoms with E-state index in [1.807, 2.05) is 24.3 Å². The van der Waals surface area contributed by atoms with E-state index in [1.54, 1.807) is 19.4 Å². The van der Waals surface area contributed by atoms with E-state index in [4.69, 9.17) is 14.2 Å². The lowest BCUT2D eigenvalue weighted by atomic mass is 9.94. The van der Waals surface area contributed by atoms with Crippen molar-refractivity contribution in [1.29, 1.82) is 0 Å². The van der Waals surface area contributed by atoms with Crippen LogP contribution in [0.4, 0.5) is 0 Å². The topological polar surface area (TPSA) is 106 Å². The van der Waals surface area contributed by atoms with Crippen molar-refractivity contribution in [2.75, 3.05) is 26.9 Å². The fourth-order valence-corrected chi connectivity index (χ4v) is 4.48. The minimum absolute atomic E-state index is 0.0608. The molecule has 3 heterocycles. The van der Waals surface area contributed by atoms with Gasteiger partial charge in [-0.2, -0.15) is 0 Å². The molecule has 0 aliphatic carbocycles. The van der Waals surface area contributed by atoms with Crippen molar-refractivity contribution < 1.29 is 24.1 Å². The maximum absolute atomic E-state index is 12.4. The number of β-amino-alcohol motifs (C(OH)–C–C–N with tert-alkyl or cyclic N) is 1. The van der Waals surface area contributed by atoms with Crippen molar-refractivity contribution in [1.82, 2.24) is 20.2 Å². The first-order chi connectivity index (χ1) is 16.1. The van der Waals surface area contributed by atoms with Gasteiger partial charge in [0.1, 0.15) is 12.1 Å². The van der Waals surface area contributed by atoms with Gasteiger partial charge in [-0.05, 0) is 36.6 Å². The highest BCUT2D eigenvalue weighted by molar-refractivity contribution is 5.76. The van der Waals surface area contributed by atoms with Gasteiger partial charge < -0.3 is 24.6 Å². The van der Waals surface area contributed by atoms with E-state index in [-0.39, 0.29) is 30.8 Å². The molecule has 2 aliphatic heterocycles. The molecule has 9 heteroatoms. The van der Waals surface area contributed by atoms with Crippen molar-refractivity contribution in [2.24, 2.45) is 0 Å². The predicted octanol–water partition coefficient (Wildman–Crippen LogP) is 1.30. The Hall–Kier alpha value is -2.59. The van der Waals surface area contributed by atoms with E-state index < -0.39 is 6.10 Å². The zero-order valence-corrected chi connectivity index (χ0v) is 18.9. The molecule has 178 valence electrons. The highest BCUT2D eigenvalue weighted by Crippen LogP contribution is 2.29. The first-order valence-electron chi connectivity index (χ1n) is 11.4. The van der Waals surface area contributed by atoms with Gasteiger partial charge >= 0.3 is 0 Å². The van der Waals surface area contributed by atoms with Crippen molar-refractivity contribution in [3.05, 3.63) is 54.1 Å². The number of hydrogen-bond donors (Lipinski definition) is 2. The Morgan fingerprint density at radius 1 is 1.24 bits per heavy atom. The second-order valence-electron chi connectivity index (χ2n) is 8.59. The zero-order valence-electron chi connectivity index (χ0n) is 18.9. The normalized spacial score (nSPS) is 26.0. The fraction of sp³-hybridized carbons (Fsp3) is 0.542. The van der Waals surface area contributed by atoms with Crippen LogP contribution in [0.15, 0.2) is 42.9 Å². The average Bonchev–Trinajstić information content (AvgIpc) is 2.83. The zero-order chi connectivity index (χ0) is 23.0. The van der Waals surface area contributed by atoms with Gasteiger partial charge in [-0.1, -0.05) is 12.1 Å². The summed E-state index contributed by atoms with van der Waals surface area (Å²) in [5.41, 5.74) is 1.92. The van der Waals surface area contributed by atoms with Crippen LogP contribution < -0.4 is 10.1 Å². The summed E-state index contributed by atoms with van der Waals surface area (Å²) < 4.78 is 17.3. The summed E-state index contributed by atoms with van der Waals surface area (Å²) in [7, 11) is 1.65. The van der Waals surface area contributed by atoms with Gasteiger partial charge in [0.25, 0.3) is 0 Å². The van der Waals surface area contributed by atoms with E-state index in [0.29, 0.717) is 32.7 Å². The molecule has 4 rings (SSSR count). The molecule has 33 heavy (non-hydrogen) atoms. The van der Waals surface area contributed by atoms with Gasteiger partial charge in [-0.3, -0.25) is 9.69 Å². The summed E-state index contributed by atoms with van der Waals surface area (Å²) in [6.07, 6.45) is 4.22. The number of amides is 1. The van der Waals surface area contributed by atoms with Crippen LogP contribution in [-0.2, 0) is 27.4 Å². The van der Waals surface area contributed by atoms with Crippen molar-refractivity contribution in [2.45, 2.75) is 56.7 Å². The first-order valence-corrected chi connectivity index (χ1v) is 11.4. The van der Waals surface area contributed by atoms with Crippen molar-refractivity contribution >= 4 is 5.91 Å². The number of benzene rings is 1. The Morgan fingerprint density at radius 3 is 2.85 bits per heavy atom. The van der Waals surface area contributed by atoms with E-state index in [1.165, 1.54) is 6.33 Å². The lowest BCUT2D eigenvalue weighted by Crippen LogP contribution is -2.55. The van der Waals surface area contributed by atoms with Crippen LogP contribution in [0.3, 0.4) is 0 Å². The summed E-state index contributed by atoms with van der Waals surface area (Å²) in [6, 6.07) is 9.88. The third kappa shape index (κ3) is 6.70. The van der Waals surface area contributed by atoms with Crippen LogP contribution in [0, 0.1) is 0 Å². The number of nitrogens with zero attached hydrogens (tertiary/aromatic N) is 3. The molecule has 0 bridgehead atoms. The van der Waals surface area contributed by atoms with Crippen LogP contribution in [-0.4, -0.2) is 77.1 Å². The van der Waals surface area contributed by atoms with Crippen LogP contribution >= 0.6 is 0 Å². The molecule has 0 saturated carbocycles. The summed E-state index contributed by atoms with van der Waals surface area (Å²) in [6.45, 7) is 2.27. The minimum Gasteiger partial charge on any atom is -0.497 e. The molecule has 9 nitrogen and oxygen atoms in total. The summed E-state index contributed by atoms with van der Waals surface area (Å²) in [5, 5.41) is 13.3. The maximum Gasteiger partial charge on any atom is 0.222 e. The van der Waals surface area contributed by atoms with E-state index in [9.17, 15) is 9.90 Å². The highest BCUT2D eigenvalue weighted by atomic mass is 16.5. The number of carbonyl (C=O) groups is 1. The Balaban J connectivity index is 1.34. The Morgan fingerprint density at radius 2 is 2.09 bits per heavy atom.